The molecule has 1 aromatic carbocycles. The van der Waals surface area contributed by atoms with Crippen LogP contribution in [-0.2, 0) is 35.1 Å². The van der Waals surface area contributed by atoms with Crippen LogP contribution in [0.1, 0.15) is 81.2 Å². The highest BCUT2D eigenvalue weighted by atomic mass is 35.5. The Morgan fingerprint density at radius 1 is 0.980 bits per heavy atom. The molecule has 1 aliphatic carbocycles. The van der Waals surface area contributed by atoms with Gasteiger partial charge in [0.05, 0.1) is 42.7 Å². The predicted octanol–water partition coefficient (Wildman–Crippen LogP) is 6.34. The van der Waals surface area contributed by atoms with E-state index >= 15 is 0 Å². The van der Waals surface area contributed by atoms with Gasteiger partial charge in [-0.15, -0.1) is 11.3 Å². The van der Waals surface area contributed by atoms with Crippen LogP contribution in [0.5, 0.6) is 0 Å². The molecule has 3 aliphatic rings. The highest BCUT2D eigenvalue weighted by Crippen LogP contribution is 2.48. The highest BCUT2D eigenvalue weighted by molar-refractivity contribution is 7.09. The second kappa shape index (κ2) is 16.5. The van der Waals surface area contributed by atoms with E-state index in [0.717, 1.165) is 43.5 Å². The third-order valence-corrected chi connectivity index (χ3v) is 11.8. The number of dihydropyridines is 1. The van der Waals surface area contributed by atoms with Crippen LogP contribution >= 0.6 is 34.5 Å². The number of aryl methyl sites for hydroxylation is 1. The van der Waals surface area contributed by atoms with Gasteiger partial charge < -0.3 is 25.0 Å². The molecule has 2 aromatic rings. The molecular weight excluding hydrogens is 687 g/mol. The van der Waals surface area contributed by atoms with E-state index in [0.29, 0.717) is 55.4 Å². The van der Waals surface area contributed by atoms with E-state index in [1.54, 1.807) is 31.3 Å². The topological polar surface area (TPSA) is 127 Å². The van der Waals surface area contributed by atoms with Gasteiger partial charge in [0, 0.05) is 71.6 Å². The van der Waals surface area contributed by atoms with Gasteiger partial charge in [0.1, 0.15) is 0 Å². The van der Waals surface area contributed by atoms with Gasteiger partial charge in [-0.2, -0.15) is 0 Å². The Morgan fingerprint density at radius 3 is 2.18 bits per heavy atom. The summed E-state index contributed by atoms with van der Waals surface area (Å²) in [6.07, 6.45) is 9.80. The van der Waals surface area contributed by atoms with E-state index in [-0.39, 0.29) is 44.8 Å². The van der Waals surface area contributed by atoms with Crippen molar-refractivity contribution in [2.75, 3.05) is 33.9 Å². The Morgan fingerprint density at radius 2 is 1.61 bits per heavy atom. The molecule has 13 heteroatoms. The summed E-state index contributed by atoms with van der Waals surface area (Å²) < 4.78 is 10.5. The molecule has 0 radical (unpaired) electrons. The third kappa shape index (κ3) is 8.32. The van der Waals surface area contributed by atoms with Crippen molar-refractivity contribution in [2.45, 2.75) is 77.0 Å². The normalized spacial score (nSPS) is 19.7. The van der Waals surface area contributed by atoms with Crippen molar-refractivity contribution in [1.82, 2.24) is 20.5 Å². The van der Waals surface area contributed by atoms with Gasteiger partial charge in [0.25, 0.3) is 0 Å². The molecule has 2 amide bonds. The fourth-order valence-electron chi connectivity index (χ4n) is 7.82. The maximum Gasteiger partial charge on any atom is 0.336 e. The minimum atomic E-state index is -1.05. The molecule has 49 heavy (non-hydrogen) atoms. The van der Waals surface area contributed by atoms with Crippen molar-refractivity contribution in [3.05, 3.63) is 72.9 Å². The molecule has 1 saturated heterocycles. The SMILES string of the molecule is COC(=O)C1=C(CCc2nccs2)NC(CC(=O)N2CCC(C3(CNC(C)=O)CCCCC3)CC2)=C(C(=O)OC)C1c1c(Cl)cccc1Cl. The van der Waals surface area contributed by atoms with Gasteiger partial charge in [0.15, 0.2) is 0 Å². The molecule has 1 saturated carbocycles. The molecule has 1 unspecified atom stereocenters. The van der Waals surface area contributed by atoms with Crippen LogP contribution in [-0.4, -0.2) is 67.5 Å². The van der Waals surface area contributed by atoms with E-state index in [4.69, 9.17) is 32.7 Å². The lowest BCUT2D eigenvalue weighted by atomic mass is 9.63. The van der Waals surface area contributed by atoms with Crippen molar-refractivity contribution in [2.24, 2.45) is 11.3 Å². The summed E-state index contributed by atoms with van der Waals surface area (Å²) in [5, 5.41) is 9.65. The number of hydrogen-bond donors (Lipinski definition) is 2. The third-order valence-electron chi connectivity index (χ3n) is 10.3. The van der Waals surface area contributed by atoms with Crippen molar-refractivity contribution in [3.63, 3.8) is 0 Å². The monoisotopic (exact) mass is 730 g/mol. The van der Waals surface area contributed by atoms with Crippen molar-refractivity contribution in [3.8, 4) is 0 Å². The lowest BCUT2D eigenvalue weighted by Gasteiger charge is -2.47. The molecule has 3 heterocycles. The Bertz CT molecular complexity index is 1590. The Labute approximate surface area is 301 Å². The van der Waals surface area contributed by atoms with E-state index in [1.165, 1.54) is 32.0 Å². The van der Waals surface area contributed by atoms with Crippen molar-refractivity contribution >= 4 is 58.3 Å². The second-order valence-corrected chi connectivity index (χ2v) is 14.8. The van der Waals surface area contributed by atoms with Gasteiger partial charge in [-0.3, -0.25) is 9.59 Å². The van der Waals surface area contributed by atoms with E-state index in [1.807, 2.05) is 10.3 Å². The lowest BCUT2D eigenvalue weighted by Crippen LogP contribution is -2.49. The maximum absolute atomic E-state index is 14.1. The summed E-state index contributed by atoms with van der Waals surface area (Å²) in [6.45, 7) is 3.38. The van der Waals surface area contributed by atoms with E-state index in [9.17, 15) is 19.2 Å². The second-order valence-electron chi connectivity index (χ2n) is 13.1. The first-order chi connectivity index (χ1) is 23.6. The smallest absolute Gasteiger partial charge is 0.336 e. The molecular formula is C36H44Cl2N4O6S. The van der Waals surface area contributed by atoms with E-state index < -0.39 is 17.9 Å². The van der Waals surface area contributed by atoms with Crippen LogP contribution in [0.2, 0.25) is 10.0 Å². The van der Waals surface area contributed by atoms with Gasteiger partial charge in [-0.1, -0.05) is 48.5 Å². The van der Waals surface area contributed by atoms with Crippen molar-refractivity contribution < 1.29 is 28.7 Å². The average Bonchev–Trinajstić information content (AvgIpc) is 3.63. The number of nitrogens with one attached hydrogen (secondary N) is 2. The molecule has 1 aromatic heterocycles. The molecule has 2 fully saturated rings. The summed E-state index contributed by atoms with van der Waals surface area (Å²) in [6, 6.07) is 4.97. The van der Waals surface area contributed by atoms with Crippen LogP contribution in [0.25, 0.3) is 0 Å². The number of halogens is 2. The molecule has 2 aliphatic heterocycles. The number of carbonyl (C=O) groups excluding carboxylic acids is 4. The van der Waals surface area contributed by atoms with Crippen molar-refractivity contribution in [1.29, 1.82) is 0 Å². The number of hydrogen-bond acceptors (Lipinski definition) is 9. The average molecular weight is 732 g/mol. The van der Waals surface area contributed by atoms with Gasteiger partial charge >= 0.3 is 11.9 Å². The highest BCUT2D eigenvalue weighted by Gasteiger charge is 2.44. The number of methoxy groups -OCH3 is 2. The quantitative estimate of drug-likeness (QED) is 0.257. The van der Waals surface area contributed by atoms with E-state index in [2.05, 4.69) is 15.6 Å². The molecule has 264 valence electrons. The summed E-state index contributed by atoms with van der Waals surface area (Å²) in [5.74, 6) is -2.19. The zero-order chi connectivity index (χ0) is 35.1. The number of benzene rings is 1. The van der Waals surface area contributed by atoms with Gasteiger partial charge in [-0.25, -0.2) is 14.6 Å². The molecule has 10 nitrogen and oxygen atoms in total. The number of ether oxygens (including phenoxy) is 2. The summed E-state index contributed by atoms with van der Waals surface area (Å²) in [7, 11) is 2.53. The first-order valence-electron chi connectivity index (χ1n) is 16.8. The fraction of sp³-hybridized carbons (Fsp3) is 0.528. The largest absolute Gasteiger partial charge is 0.466 e. The Balaban J connectivity index is 1.47. The van der Waals surface area contributed by atoms with Crippen LogP contribution < -0.4 is 10.6 Å². The summed E-state index contributed by atoms with van der Waals surface area (Å²) in [4.78, 5) is 59.4. The van der Waals surface area contributed by atoms with Crippen LogP contribution in [0, 0.1) is 11.3 Å². The number of likely N-dealkylation sites (tertiary alicyclic amines) is 1. The zero-order valence-electron chi connectivity index (χ0n) is 28.2. The number of amides is 2. The number of carbonyl (C=O) groups is 4. The van der Waals surface area contributed by atoms with Gasteiger partial charge in [-0.05, 0) is 55.6 Å². The number of esters is 2. The summed E-state index contributed by atoms with van der Waals surface area (Å²) in [5.41, 5.74) is 1.47. The first-order valence-corrected chi connectivity index (χ1v) is 18.5. The maximum atomic E-state index is 14.1. The molecule has 0 spiro atoms. The number of nitrogens with zero attached hydrogens (tertiary/aromatic N) is 2. The molecule has 0 bridgehead atoms. The number of rotatable bonds is 11. The minimum Gasteiger partial charge on any atom is -0.466 e. The predicted molar refractivity (Wildman–Crippen MR) is 189 cm³/mol. The first kappa shape index (κ1) is 36.9. The number of allylic oxidation sites excluding steroid dienone is 1. The van der Waals surface area contributed by atoms with Crippen LogP contribution in [0.4, 0.5) is 0 Å². The molecule has 1 atom stereocenters. The number of aromatic nitrogens is 1. The minimum absolute atomic E-state index is 0.0148. The zero-order valence-corrected chi connectivity index (χ0v) is 30.6. The van der Waals surface area contributed by atoms with Crippen LogP contribution in [0.3, 0.4) is 0 Å². The molecule has 5 rings (SSSR count). The fourth-order valence-corrected chi connectivity index (χ4v) is 9.06. The summed E-state index contributed by atoms with van der Waals surface area (Å²) >= 11 is 15.0. The van der Waals surface area contributed by atoms with Crippen LogP contribution in [0.15, 0.2) is 52.3 Å². The standard InChI is InChI=1S/C36H44Cl2N4O6S/c1-22(43)40-21-36(14-5-4-6-15-36)23-12-17-42(18-13-23)29(44)20-27-32(35(46)48-3)33(30-24(37)8-7-9-25(30)38)31(34(45)47-2)26(41-27)10-11-28-39-16-19-49-28/h7-9,16,19,23,33,41H,4-6,10-15,17-18,20-21H2,1-3H3,(H,40,43). The Hall–Kier alpha value is -3.41. The Kier molecular flexibility index (Phi) is 12.4. The number of thiazole rings is 1. The molecule has 2 N–H and O–H groups in total. The lowest BCUT2D eigenvalue weighted by molar-refractivity contribution is -0.137. The van der Waals surface area contributed by atoms with Gasteiger partial charge in [0.2, 0.25) is 11.8 Å². The number of piperidine rings is 1.